The van der Waals surface area contributed by atoms with Gasteiger partial charge in [0.05, 0.1) is 0 Å². The first kappa shape index (κ1) is 17.9. The fourth-order valence-electron chi connectivity index (χ4n) is 2.31. The van der Waals surface area contributed by atoms with Gasteiger partial charge in [0.1, 0.15) is 0 Å². The van der Waals surface area contributed by atoms with E-state index in [0.717, 1.165) is 12.3 Å². The molecule has 0 aromatic rings. The van der Waals surface area contributed by atoms with Crippen LogP contribution < -0.4 is 11.5 Å². The third-order valence-corrected chi connectivity index (χ3v) is 3.66. The van der Waals surface area contributed by atoms with Gasteiger partial charge in [-0.1, -0.05) is 78.1 Å². The molecule has 0 amide bonds. The first-order chi connectivity index (χ1) is 8.66. The Morgan fingerprint density at radius 1 is 0.667 bits per heavy atom. The molecule has 0 aromatic heterocycles. The minimum absolute atomic E-state index is 0.228. The lowest BCUT2D eigenvalue weighted by molar-refractivity contribution is 0.500. The molecule has 0 fully saturated rings. The molecular weight excluding hydrogens is 220 g/mol. The van der Waals surface area contributed by atoms with E-state index in [9.17, 15) is 0 Å². The first-order valence-electron chi connectivity index (χ1n) is 8.12. The minimum atomic E-state index is 0.228. The summed E-state index contributed by atoms with van der Waals surface area (Å²) < 4.78 is 0. The van der Waals surface area contributed by atoms with Crippen molar-refractivity contribution >= 4 is 0 Å². The quantitative estimate of drug-likeness (QED) is 0.485. The molecule has 18 heavy (non-hydrogen) atoms. The van der Waals surface area contributed by atoms with E-state index in [1.165, 1.54) is 64.2 Å². The lowest BCUT2D eigenvalue weighted by Gasteiger charge is -2.07. The summed E-state index contributed by atoms with van der Waals surface area (Å²) in [7, 11) is 0. The Labute approximate surface area is 115 Å². The van der Waals surface area contributed by atoms with Crippen molar-refractivity contribution in [3.05, 3.63) is 0 Å². The van der Waals surface area contributed by atoms with E-state index in [4.69, 9.17) is 11.5 Å². The molecule has 0 rings (SSSR count). The Hall–Kier alpha value is -0.0800. The van der Waals surface area contributed by atoms with Gasteiger partial charge in [-0.25, -0.2) is 0 Å². The summed E-state index contributed by atoms with van der Waals surface area (Å²) in [4.78, 5) is 0. The number of hydrogen-bond acceptors (Lipinski definition) is 2. The van der Waals surface area contributed by atoms with Crippen molar-refractivity contribution in [3.63, 3.8) is 0 Å². The molecule has 2 heteroatoms. The van der Waals surface area contributed by atoms with E-state index in [1.54, 1.807) is 0 Å². The topological polar surface area (TPSA) is 52.0 Å². The highest BCUT2D eigenvalue weighted by Crippen LogP contribution is 2.13. The zero-order chi connectivity index (χ0) is 13.6. The predicted octanol–water partition coefficient (Wildman–Crippen LogP) is 4.22. The van der Waals surface area contributed by atoms with E-state index >= 15 is 0 Å². The van der Waals surface area contributed by atoms with Crippen LogP contribution >= 0.6 is 0 Å². The van der Waals surface area contributed by atoms with Crippen molar-refractivity contribution in [1.29, 1.82) is 0 Å². The number of nitrogens with two attached hydrogens (primary N) is 2. The largest absolute Gasteiger partial charge is 0.329 e. The van der Waals surface area contributed by atoms with Crippen molar-refractivity contribution in [2.24, 2.45) is 17.4 Å². The zero-order valence-electron chi connectivity index (χ0n) is 12.8. The molecule has 0 bridgehead atoms. The molecule has 0 aliphatic heterocycles. The highest BCUT2D eigenvalue weighted by atomic mass is 14.7. The van der Waals surface area contributed by atoms with Gasteiger partial charge in [0.25, 0.3) is 0 Å². The van der Waals surface area contributed by atoms with Gasteiger partial charge < -0.3 is 11.5 Å². The summed E-state index contributed by atoms with van der Waals surface area (Å²) in [5, 5.41) is 0. The molecule has 0 heterocycles. The van der Waals surface area contributed by atoms with Gasteiger partial charge >= 0.3 is 0 Å². The van der Waals surface area contributed by atoms with Crippen molar-refractivity contribution in [3.8, 4) is 0 Å². The SMILES string of the molecule is CC(C)CCCCCCCCCCCC(N)CN. The maximum Gasteiger partial charge on any atom is 0.0163 e. The summed E-state index contributed by atoms with van der Waals surface area (Å²) in [5.74, 6) is 0.880. The van der Waals surface area contributed by atoms with Crippen LogP contribution in [0.2, 0.25) is 0 Å². The van der Waals surface area contributed by atoms with E-state index < -0.39 is 0 Å². The van der Waals surface area contributed by atoms with E-state index in [-0.39, 0.29) is 6.04 Å². The van der Waals surface area contributed by atoms with Crippen LogP contribution in [0.3, 0.4) is 0 Å². The first-order valence-corrected chi connectivity index (χ1v) is 8.12. The van der Waals surface area contributed by atoms with Crippen LogP contribution in [0.4, 0.5) is 0 Å². The van der Waals surface area contributed by atoms with Crippen LogP contribution in [0.5, 0.6) is 0 Å². The minimum Gasteiger partial charge on any atom is -0.329 e. The lowest BCUT2D eigenvalue weighted by Crippen LogP contribution is -2.29. The fraction of sp³-hybridized carbons (Fsp3) is 1.00. The van der Waals surface area contributed by atoms with Crippen LogP contribution in [0.25, 0.3) is 0 Å². The smallest absolute Gasteiger partial charge is 0.0163 e. The molecule has 2 nitrogen and oxygen atoms in total. The Bertz CT molecular complexity index is 157. The summed E-state index contributed by atoms with van der Waals surface area (Å²) >= 11 is 0. The van der Waals surface area contributed by atoms with Crippen molar-refractivity contribution < 1.29 is 0 Å². The number of hydrogen-bond donors (Lipinski definition) is 2. The van der Waals surface area contributed by atoms with Crippen molar-refractivity contribution in [2.45, 2.75) is 90.5 Å². The highest BCUT2D eigenvalue weighted by Gasteiger charge is 1.98. The second-order valence-corrected chi connectivity index (χ2v) is 6.15. The predicted molar refractivity (Wildman–Crippen MR) is 82.7 cm³/mol. The second-order valence-electron chi connectivity index (χ2n) is 6.15. The average Bonchev–Trinajstić information content (AvgIpc) is 2.35. The molecule has 0 spiro atoms. The monoisotopic (exact) mass is 256 g/mol. The molecule has 0 aliphatic rings. The van der Waals surface area contributed by atoms with Gasteiger partial charge in [-0.3, -0.25) is 0 Å². The summed E-state index contributed by atoms with van der Waals surface area (Å²) in [6.07, 6.45) is 15.0. The Balaban J connectivity index is 2.99. The van der Waals surface area contributed by atoms with E-state index in [2.05, 4.69) is 13.8 Å². The Kier molecular flexibility index (Phi) is 13.3. The molecule has 0 radical (unpaired) electrons. The molecule has 0 saturated heterocycles. The maximum atomic E-state index is 5.78. The van der Waals surface area contributed by atoms with Gasteiger partial charge in [0.15, 0.2) is 0 Å². The Morgan fingerprint density at radius 3 is 1.44 bits per heavy atom. The molecule has 110 valence electrons. The fourth-order valence-corrected chi connectivity index (χ4v) is 2.31. The molecule has 1 unspecified atom stereocenters. The van der Waals surface area contributed by atoms with Gasteiger partial charge in [-0.05, 0) is 12.3 Å². The van der Waals surface area contributed by atoms with Crippen molar-refractivity contribution in [1.82, 2.24) is 0 Å². The highest BCUT2D eigenvalue weighted by molar-refractivity contribution is 4.61. The van der Waals surface area contributed by atoms with Crippen molar-refractivity contribution in [2.75, 3.05) is 6.54 Å². The molecule has 0 aliphatic carbocycles. The summed E-state index contributed by atoms with van der Waals surface area (Å²) in [6, 6.07) is 0.228. The number of rotatable bonds is 13. The lowest BCUT2D eigenvalue weighted by atomic mass is 10.0. The summed E-state index contributed by atoms with van der Waals surface area (Å²) in [5.41, 5.74) is 11.3. The van der Waals surface area contributed by atoms with Gasteiger partial charge in [0.2, 0.25) is 0 Å². The van der Waals surface area contributed by atoms with Crippen LogP contribution in [-0.2, 0) is 0 Å². The molecule has 1 atom stereocenters. The maximum absolute atomic E-state index is 5.78. The normalized spacial score (nSPS) is 13.2. The van der Waals surface area contributed by atoms with Crippen LogP contribution in [-0.4, -0.2) is 12.6 Å². The second kappa shape index (κ2) is 13.4. The average molecular weight is 256 g/mol. The van der Waals surface area contributed by atoms with E-state index in [1.807, 2.05) is 0 Å². The standard InChI is InChI=1S/C16H36N2/c1-15(2)12-10-8-6-4-3-5-7-9-11-13-16(18)14-17/h15-16H,3-14,17-18H2,1-2H3. The van der Waals surface area contributed by atoms with Gasteiger partial charge in [0, 0.05) is 12.6 Å². The van der Waals surface area contributed by atoms with Gasteiger partial charge in [-0.15, -0.1) is 0 Å². The molecule has 0 saturated carbocycles. The zero-order valence-corrected chi connectivity index (χ0v) is 12.8. The Morgan fingerprint density at radius 2 is 1.06 bits per heavy atom. The molecule has 4 N–H and O–H groups in total. The summed E-state index contributed by atoms with van der Waals surface area (Å²) in [6.45, 7) is 5.27. The van der Waals surface area contributed by atoms with Crippen LogP contribution in [0.15, 0.2) is 0 Å². The molecule has 0 aromatic carbocycles. The third-order valence-electron chi connectivity index (χ3n) is 3.66. The third kappa shape index (κ3) is 14.0. The number of unbranched alkanes of at least 4 members (excludes halogenated alkanes) is 8. The molecular formula is C16H36N2. The van der Waals surface area contributed by atoms with E-state index in [0.29, 0.717) is 6.54 Å². The van der Waals surface area contributed by atoms with Gasteiger partial charge in [-0.2, -0.15) is 0 Å². The van der Waals surface area contributed by atoms with Crippen LogP contribution in [0, 0.1) is 5.92 Å². The van der Waals surface area contributed by atoms with Crippen LogP contribution in [0.1, 0.15) is 84.5 Å².